The van der Waals surface area contributed by atoms with E-state index in [1.54, 1.807) is 20.8 Å². The molecule has 0 aromatic rings. The highest BCUT2D eigenvalue weighted by Crippen LogP contribution is 2.28. The minimum atomic E-state index is -3.39. The van der Waals surface area contributed by atoms with Crippen LogP contribution >= 0.6 is 0 Å². The van der Waals surface area contributed by atoms with Gasteiger partial charge in [-0.1, -0.05) is 32.1 Å². The first kappa shape index (κ1) is 23.2. The van der Waals surface area contributed by atoms with Gasteiger partial charge in [0, 0.05) is 14.1 Å². The number of ether oxygens (including phenoxy) is 1. The van der Waals surface area contributed by atoms with Gasteiger partial charge < -0.3 is 15.2 Å². The molecule has 1 fully saturated rings. The molecule has 0 spiro atoms. The molecule has 0 radical (unpaired) electrons. The highest BCUT2D eigenvalue weighted by molar-refractivity contribution is 7.89. The van der Waals surface area contributed by atoms with E-state index in [4.69, 9.17) is 4.74 Å². The molecule has 0 aromatic carbocycles. The standard InChI is InChI=1S/C18H36N2O5S/c1-18(2,3)25-17(22)19-15(13-14-9-7-6-8-10-14)16(21)11-12-26(23,24)20(4)5/h14-16,21H,6-13H2,1-5H3,(H,19,22)/t15-,16-/m0/s1. The first-order chi connectivity index (χ1) is 11.9. The summed E-state index contributed by atoms with van der Waals surface area (Å²) in [5.41, 5.74) is -0.626. The smallest absolute Gasteiger partial charge is 0.407 e. The minimum absolute atomic E-state index is 0.0771. The van der Waals surface area contributed by atoms with Gasteiger partial charge in [0.25, 0.3) is 0 Å². The highest BCUT2D eigenvalue weighted by Gasteiger charge is 2.29. The Bertz CT molecular complexity index is 536. The second-order valence-corrected chi connectivity index (χ2v) is 10.7. The zero-order valence-corrected chi connectivity index (χ0v) is 17.6. The molecule has 8 heteroatoms. The van der Waals surface area contributed by atoms with Crippen molar-refractivity contribution in [3.63, 3.8) is 0 Å². The Kier molecular flexibility index (Phi) is 8.82. The van der Waals surface area contributed by atoms with Gasteiger partial charge in [-0.05, 0) is 39.5 Å². The molecule has 1 saturated carbocycles. The van der Waals surface area contributed by atoms with Crippen LogP contribution in [0.3, 0.4) is 0 Å². The van der Waals surface area contributed by atoms with E-state index in [0.29, 0.717) is 12.3 Å². The van der Waals surface area contributed by atoms with Gasteiger partial charge in [-0.3, -0.25) is 0 Å². The molecule has 26 heavy (non-hydrogen) atoms. The molecule has 2 N–H and O–H groups in total. The third-order valence-electron chi connectivity index (χ3n) is 4.71. The van der Waals surface area contributed by atoms with Crippen LogP contribution in [0.2, 0.25) is 0 Å². The molecule has 7 nitrogen and oxygen atoms in total. The Morgan fingerprint density at radius 1 is 1.23 bits per heavy atom. The van der Waals surface area contributed by atoms with Gasteiger partial charge >= 0.3 is 6.09 Å². The van der Waals surface area contributed by atoms with E-state index in [9.17, 15) is 18.3 Å². The topological polar surface area (TPSA) is 95.9 Å². The molecule has 0 bridgehead atoms. The fourth-order valence-corrected chi connectivity index (χ4v) is 4.11. The van der Waals surface area contributed by atoms with E-state index >= 15 is 0 Å². The van der Waals surface area contributed by atoms with Crippen LogP contribution < -0.4 is 5.32 Å². The summed E-state index contributed by atoms with van der Waals surface area (Å²) in [7, 11) is -0.443. The molecular formula is C18H36N2O5S. The van der Waals surface area contributed by atoms with Crippen molar-refractivity contribution in [1.82, 2.24) is 9.62 Å². The van der Waals surface area contributed by atoms with Crippen molar-refractivity contribution in [1.29, 1.82) is 0 Å². The number of carbonyl (C=O) groups excluding carboxylic acids is 1. The summed E-state index contributed by atoms with van der Waals surface area (Å²) in [5, 5.41) is 13.3. The average molecular weight is 393 g/mol. The van der Waals surface area contributed by atoms with Crippen molar-refractivity contribution in [3.05, 3.63) is 0 Å². The molecule has 0 saturated heterocycles. The Morgan fingerprint density at radius 2 is 1.81 bits per heavy atom. The fraction of sp³-hybridized carbons (Fsp3) is 0.944. The molecular weight excluding hydrogens is 356 g/mol. The SMILES string of the molecule is CN(C)S(=O)(=O)CC[C@H](O)[C@H](CC1CCCCC1)NC(=O)OC(C)(C)C. The van der Waals surface area contributed by atoms with Gasteiger partial charge in [-0.25, -0.2) is 17.5 Å². The van der Waals surface area contributed by atoms with Crippen LogP contribution in [0.25, 0.3) is 0 Å². The fourth-order valence-electron chi connectivity index (χ4n) is 3.21. The molecule has 0 aliphatic heterocycles. The van der Waals surface area contributed by atoms with Gasteiger partial charge in [-0.2, -0.15) is 0 Å². The molecule has 0 aromatic heterocycles. The van der Waals surface area contributed by atoms with Crippen molar-refractivity contribution in [2.75, 3.05) is 19.8 Å². The predicted molar refractivity (Wildman–Crippen MR) is 102 cm³/mol. The first-order valence-corrected chi connectivity index (χ1v) is 11.1. The Morgan fingerprint density at radius 3 is 2.31 bits per heavy atom. The zero-order valence-electron chi connectivity index (χ0n) is 16.8. The van der Waals surface area contributed by atoms with Crippen LogP contribution in [0.5, 0.6) is 0 Å². The van der Waals surface area contributed by atoms with E-state index < -0.39 is 33.9 Å². The van der Waals surface area contributed by atoms with E-state index in [1.807, 2.05) is 0 Å². The Labute approximate surface area is 158 Å². The first-order valence-electron chi connectivity index (χ1n) is 9.48. The van der Waals surface area contributed by atoms with Gasteiger partial charge in [0.1, 0.15) is 5.60 Å². The maximum Gasteiger partial charge on any atom is 0.407 e. The lowest BCUT2D eigenvalue weighted by molar-refractivity contribution is 0.0388. The average Bonchev–Trinajstić information content (AvgIpc) is 2.51. The summed E-state index contributed by atoms with van der Waals surface area (Å²) < 4.78 is 30.4. The number of aliphatic hydroxyl groups excluding tert-OH is 1. The van der Waals surface area contributed by atoms with Crippen LogP contribution in [-0.2, 0) is 14.8 Å². The number of rotatable bonds is 8. The molecule has 1 aliphatic rings. The molecule has 1 amide bonds. The molecule has 1 rings (SSSR count). The number of nitrogens with one attached hydrogen (secondary N) is 1. The van der Waals surface area contributed by atoms with Crippen LogP contribution in [-0.4, -0.2) is 61.5 Å². The molecule has 0 heterocycles. The zero-order chi connectivity index (χ0) is 20.0. The summed E-state index contributed by atoms with van der Waals surface area (Å²) in [6.45, 7) is 5.34. The quantitative estimate of drug-likeness (QED) is 0.662. The van der Waals surface area contributed by atoms with Gasteiger partial charge in [-0.15, -0.1) is 0 Å². The number of nitrogens with zero attached hydrogens (tertiary/aromatic N) is 1. The summed E-state index contributed by atoms with van der Waals surface area (Å²) in [6.07, 6.45) is 4.92. The largest absolute Gasteiger partial charge is 0.444 e. The third-order valence-corrected chi connectivity index (χ3v) is 6.57. The maximum absolute atomic E-state index is 12.2. The normalized spacial score (nSPS) is 19.2. The van der Waals surface area contributed by atoms with E-state index in [2.05, 4.69) is 5.32 Å². The van der Waals surface area contributed by atoms with Crippen LogP contribution in [0.15, 0.2) is 0 Å². The van der Waals surface area contributed by atoms with Gasteiger partial charge in [0.15, 0.2) is 0 Å². The molecule has 1 aliphatic carbocycles. The van der Waals surface area contributed by atoms with Gasteiger partial charge in [0.2, 0.25) is 10.0 Å². The molecule has 0 unspecified atom stereocenters. The lowest BCUT2D eigenvalue weighted by Gasteiger charge is -2.31. The number of hydrogen-bond acceptors (Lipinski definition) is 5. The number of carbonyl (C=O) groups is 1. The minimum Gasteiger partial charge on any atom is -0.444 e. The highest BCUT2D eigenvalue weighted by atomic mass is 32.2. The lowest BCUT2D eigenvalue weighted by Crippen LogP contribution is -2.47. The molecule has 2 atom stereocenters. The summed E-state index contributed by atoms with van der Waals surface area (Å²) in [6, 6.07) is -0.509. The number of alkyl carbamates (subject to hydrolysis) is 1. The second kappa shape index (κ2) is 9.90. The molecule has 154 valence electrons. The van der Waals surface area contributed by atoms with Crippen LogP contribution in [0.4, 0.5) is 4.79 Å². The number of aliphatic hydroxyl groups is 1. The van der Waals surface area contributed by atoms with Crippen molar-refractivity contribution < 1.29 is 23.1 Å². The van der Waals surface area contributed by atoms with Crippen molar-refractivity contribution >= 4 is 16.1 Å². The monoisotopic (exact) mass is 392 g/mol. The summed E-state index contributed by atoms with van der Waals surface area (Å²) in [4.78, 5) is 12.2. The van der Waals surface area contributed by atoms with Crippen LogP contribution in [0, 0.1) is 5.92 Å². The third kappa shape index (κ3) is 8.68. The summed E-state index contributed by atoms with van der Waals surface area (Å²) >= 11 is 0. The Hall–Kier alpha value is -0.860. The lowest BCUT2D eigenvalue weighted by atomic mass is 9.83. The van der Waals surface area contributed by atoms with Crippen molar-refractivity contribution in [2.45, 2.75) is 83.5 Å². The summed E-state index contributed by atoms with van der Waals surface area (Å²) in [5.74, 6) is 0.280. The Balaban J connectivity index is 2.72. The van der Waals surface area contributed by atoms with Crippen molar-refractivity contribution in [3.8, 4) is 0 Å². The van der Waals surface area contributed by atoms with Crippen LogP contribution in [0.1, 0.15) is 65.7 Å². The van der Waals surface area contributed by atoms with Gasteiger partial charge in [0.05, 0.1) is 17.9 Å². The number of sulfonamides is 1. The second-order valence-electron chi connectivity index (χ2n) is 8.45. The maximum atomic E-state index is 12.2. The van der Waals surface area contributed by atoms with Crippen molar-refractivity contribution in [2.24, 2.45) is 5.92 Å². The van der Waals surface area contributed by atoms with E-state index in [-0.39, 0.29) is 12.2 Å². The number of amides is 1. The predicted octanol–water partition coefficient (Wildman–Crippen LogP) is 2.49. The number of hydrogen-bond donors (Lipinski definition) is 2. The van der Waals surface area contributed by atoms with E-state index in [1.165, 1.54) is 20.5 Å². The van der Waals surface area contributed by atoms with E-state index in [0.717, 1.165) is 30.0 Å².